The molecule has 0 bridgehead atoms. The van der Waals surface area contributed by atoms with Crippen LogP contribution in [-0.4, -0.2) is 29.7 Å². The van der Waals surface area contributed by atoms with Gasteiger partial charge in [0.05, 0.1) is 6.42 Å². The maximum atomic E-state index is 11.4. The van der Waals surface area contributed by atoms with E-state index in [1.807, 2.05) is 31.2 Å². The molecular formula is C16H19N3O3. The van der Waals surface area contributed by atoms with E-state index in [1.165, 1.54) is 0 Å². The zero-order valence-electron chi connectivity index (χ0n) is 12.8. The van der Waals surface area contributed by atoms with Gasteiger partial charge in [-0.25, -0.2) is 0 Å². The topological polar surface area (TPSA) is 77.2 Å². The van der Waals surface area contributed by atoms with Gasteiger partial charge in [-0.3, -0.25) is 4.79 Å². The fraction of sp³-hybridized carbons (Fsp3) is 0.438. The summed E-state index contributed by atoms with van der Waals surface area (Å²) in [6.07, 6.45) is 2.25. The van der Waals surface area contributed by atoms with E-state index in [2.05, 4.69) is 15.5 Å². The van der Waals surface area contributed by atoms with Crippen molar-refractivity contribution in [2.75, 3.05) is 13.7 Å². The van der Waals surface area contributed by atoms with Crippen molar-refractivity contribution in [3.8, 4) is 11.4 Å². The highest BCUT2D eigenvalue weighted by atomic mass is 16.5. The molecule has 1 atom stereocenters. The summed E-state index contributed by atoms with van der Waals surface area (Å²) in [5, 5.41) is 6.64. The Hall–Kier alpha value is -2.21. The third-order valence-electron chi connectivity index (χ3n) is 3.95. The number of nitrogens with one attached hydrogen (secondary N) is 1. The average Bonchev–Trinajstić information content (AvgIpc) is 3.18. The molecule has 1 saturated heterocycles. The van der Waals surface area contributed by atoms with Gasteiger partial charge >= 0.3 is 0 Å². The Morgan fingerprint density at radius 2 is 2.14 bits per heavy atom. The zero-order chi connectivity index (χ0) is 15.6. The van der Waals surface area contributed by atoms with Crippen LogP contribution in [-0.2, 0) is 21.6 Å². The van der Waals surface area contributed by atoms with Gasteiger partial charge in [0.25, 0.3) is 5.89 Å². The van der Waals surface area contributed by atoms with Crippen molar-refractivity contribution >= 4 is 5.91 Å². The summed E-state index contributed by atoms with van der Waals surface area (Å²) in [6, 6.07) is 7.58. The Morgan fingerprint density at radius 3 is 2.77 bits per heavy atom. The first kappa shape index (κ1) is 14.7. The average molecular weight is 301 g/mol. The van der Waals surface area contributed by atoms with Gasteiger partial charge in [0.2, 0.25) is 11.7 Å². The molecule has 6 nitrogen and oxygen atoms in total. The van der Waals surface area contributed by atoms with E-state index in [0.717, 1.165) is 30.6 Å². The number of hydrogen-bond donors (Lipinski definition) is 1. The van der Waals surface area contributed by atoms with Gasteiger partial charge in [-0.05, 0) is 25.3 Å². The van der Waals surface area contributed by atoms with Gasteiger partial charge in [0.15, 0.2) is 0 Å². The van der Waals surface area contributed by atoms with Gasteiger partial charge in [-0.1, -0.05) is 29.4 Å². The molecule has 1 aromatic carbocycles. The molecule has 2 heterocycles. The number of carbonyl (C=O) groups is 1. The van der Waals surface area contributed by atoms with Gasteiger partial charge in [-0.15, -0.1) is 0 Å². The molecule has 0 radical (unpaired) electrons. The van der Waals surface area contributed by atoms with E-state index >= 15 is 0 Å². The molecule has 22 heavy (non-hydrogen) atoms. The summed E-state index contributed by atoms with van der Waals surface area (Å²) < 4.78 is 11.1. The predicted molar refractivity (Wildman–Crippen MR) is 80.0 cm³/mol. The Morgan fingerprint density at radius 1 is 1.36 bits per heavy atom. The molecule has 1 amide bonds. The Labute approximate surface area is 128 Å². The first-order valence-electron chi connectivity index (χ1n) is 7.39. The number of carbonyl (C=O) groups excluding carboxylic acids is 1. The third kappa shape index (κ3) is 2.87. The number of hydrogen-bond acceptors (Lipinski definition) is 5. The maximum absolute atomic E-state index is 11.4. The first-order valence-corrected chi connectivity index (χ1v) is 7.39. The zero-order valence-corrected chi connectivity index (χ0v) is 12.8. The largest absolute Gasteiger partial charge is 0.365 e. The van der Waals surface area contributed by atoms with Crippen LogP contribution in [0.2, 0.25) is 0 Å². The molecular weight excluding hydrogens is 282 g/mol. The number of aromatic nitrogens is 2. The first-order chi connectivity index (χ1) is 10.6. The van der Waals surface area contributed by atoms with Crippen LogP contribution in [0.1, 0.15) is 31.2 Å². The molecule has 1 aromatic heterocycles. The summed E-state index contributed by atoms with van der Waals surface area (Å²) >= 11 is 0. The van der Waals surface area contributed by atoms with Gasteiger partial charge in [0.1, 0.15) is 5.60 Å². The number of likely N-dealkylation sites (N-methyl/N-ethyl adjacent to an activating group) is 1. The second kappa shape index (κ2) is 5.88. The minimum Gasteiger partial charge on any atom is -0.365 e. The molecule has 6 heteroatoms. The minimum atomic E-state index is -0.468. The van der Waals surface area contributed by atoms with Crippen LogP contribution >= 0.6 is 0 Å². The van der Waals surface area contributed by atoms with E-state index in [9.17, 15) is 4.79 Å². The number of benzene rings is 1. The van der Waals surface area contributed by atoms with Gasteiger partial charge < -0.3 is 14.6 Å². The standard InChI is InChI=1S/C16H19N3O3/c1-16(8-3-9-21-16)15-18-14(19-22-15)12-6-4-11(5-7-12)10-13(20)17-2/h4-7H,3,8-10H2,1-2H3,(H,17,20). The third-order valence-corrected chi connectivity index (χ3v) is 3.95. The quantitative estimate of drug-likeness (QED) is 0.935. The Kier molecular flexibility index (Phi) is 3.94. The lowest BCUT2D eigenvalue weighted by atomic mass is 10.0. The highest BCUT2D eigenvalue weighted by Gasteiger charge is 2.37. The summed E-state index contributed by atoms with van der Waals surface area (Å²) in [6.45, 7) is 2.70. The highest BCUT2D eigenvalue weighted by Crippen LogP contribution is 2.35. The van der Waals surface area contributed by atoms with E-state index in [1.54, 1.807) is 7.05 Å². The number of nitrogens with zero attached hydrogens (tertiary/aromatic N) is 2. The van der Waals surface area contributed by atoms with E-state index < -0.39 is 5.60 Å². The molecule has 1 N–H and O–H groups in total. The van der Waals surface area contributed by atoms with Crippen LogP contribution in [0.4, 0.5) is 0 Å². The predicted octanol–water partition coefficient (Wildman–Crippen LogP) is 2.05. The summed E-state index contributed by atoms with van der Waals surface area (Å²) in [7, 11) is 1.63. The fourth-order valence-electron chi connectivity index (χ4n) is 2.55. The Balaban J connectivity index is 1.77. The van der Waals surface area contributed by atoms with Crippen molar-refractivity contribution in [1.29, 1.82) is 0 Å². The number of amides is 1. The van der Waals surface area contributed by atoms with Crippen LogP contribution in [0.3, 0.4) is 0 Å². The van der Waals surface area contributed by atoms with E-state index in [4.69, 9.17) is 9.26 Å². The molecule has 1 aliphatic heterocycles. The second-order valence-electron chi connectivity index (χ2n) is 5.65. The molecule has 0 aliphatic carbocycles. The van der Waals surface area contributed by atoms with E-state index in [-0.39, 0.29) is 5.91 Å². The maximum Gasteiger partial charge on any atom is 0.258 e. The lowest BCUT2D eigenvalue weighted by Gasteiger charge is -2.16. The second-order valence-corrected chi connectivity index (χ2v) is 5.65. The lowest BCUT2D eigenvalue weighted by Crippen LogP contribution is -2.20. The molecule has 1 unspecified atom stereocenters. The van der Waals surface area contributed by atoms with Crippen LogP contribution < -0.4 is 5.32 Å². The van der Waals surface area contributed by atoms with Crippen molar-refractivity contribution in [3.63, 3.8) is 0 Å². The molecule has 0 saturated carbocycles. The molecule has 116 valence electrons. The van der Waals surface area contributed by atoms with Gasteiger partial charge in [-0.2, -0.15) is 4.98 Å². The molecule has 3 rings (SSSR count). The van der Waals surface area contributed by atoms with Crippen LogP contribution in [0.15, 0.2) is 28.8 Å². The van der Waals surface area contributed by atoms with Gasteiger partial charge in [0, 0.05) is 19.2 Å². The summed E-state index contributed by atoms with van der Waals surface area (Å²) in [4.78, 5) is 15.8. The Bertz CT molecular complexity index is 658. The molecule has 2 aromatic rings. The van der Waals surface area contributed by atoms with Crippen molar-refractivity contribution in [3.05, 3.63) is 35.7 Å². The number of ether oxygens (including phenoxy) is 1. The summed E-state index contributed by atoms with van der Waals surface area (Å²) in [5.41, 5.74) is 1.33. The van der Waals surface area contributed by atoms with Crippen molar-refractivity contribution in [2.45, 2.75) is 31.8 Å². The van der Waals surface area contributed by atoms with E-state index in [0.29, 0.717) is 18.1 Å². The van der Waals surface area contributed by atoms with Crippen LogP contribution in [0.5, 0.6) is 0 Å². The monoisotopic (exact) mass is 301 g/mol. The fourth-order valence-corrected chi connectivity index (χ4v) is 2.55. The SMILES string of the molecule is CNC(=O)Cc1ccc(-c2noc(C3(C)CCCO3)n2)cc1. The van der Waals surface area contributed by atoms with Crippen LogP contribution in [0, 0.1) is 0 Å². The van der Waals surface area contributed by atoms with Crippen molar-refractivity contribution < 1.29 is 14.1 Å². The van der Waals surface area contributed by atoms with Crippen molar-refractivity contribution in [1.82, 2.24) is 15.5 Å². The lowest BCUT2D eigenvalue weighted by molar-refractivity contribution is -0.119. The normalized spacial score (nSPS) is 21.0. The number of rotatable bonds is 4. The van der Waals surface area contributed by atoms with Crippen molar-refractivity contribution in [2.24, 2.45) is 0 Å². The molecule has 1 aliphatic rings. The summed E-state index contributed by atoms with van der Waals surface area (Å²) in [5.74, 6) is 1.05. The smallest absolute Gasteiger partial charge is 0.258 e. The molecule has 0 spiro atoms. The van der Waals surface area contributed by atoms with Crippen LogP contribution in [0.25, 0.3) is 11.4 Å². The molecule has 1 fully saturated rings. The highest BCUT2D eigenvalue weighted by molar-refractivity contribution is 5.78. The minimum absolute atomic E-state index is 0.0131.